The van der Waals surface area contributed by atoms with Gasteiger partial charge in [0.1, 0.15) is 5.82 Å². The molecule has 0 atom stereocenters. The molecule has 0 unspecified atom stereocenters. The summed E-state index contributed by atoms with van der Waals surface area (Å²) in [5.41, 5.74) is 1.27. The number of piperazine rings is 1. The van der Waals surface area contributed by atoms with Gasteiger partial charge in [-0.05, 0) is 35.9 Å². The first-order valence-corrected chi connectivity index (χ1v) is 10.7. The van der Waals surface area contributed by atoms with Crippen LogP contribution in [0.2, 0.25) is 0 Å². The number of para-hydroxylation sites is 1. The molecule has 148 valence electrons. The van der Waals surface area contributed by atoms with E-state index in [9.17, 15) is 17.6 Å². The van der Waals surface area contributed by atoms with Crippen LogP contribution in [0.4, 0.5) is 10.1 Å². The Morgan fingerprint density at radius 3 is 2.29 bits per heavy atom. The molecular formula is C21H23FN2O3S. The third-order valence-electron chi connectivity index (χ3n) is 4.76. The normalized spacial score (nSPS) is 15.9. The summed E-state index contributed by atoms with van der Waals surface area (Å²) in [6.07, 6.45) is 3.60. The molecule has 7 heteroatoms. The van der Waals surface area contributed by atoms with Crippen molar-refractivity contribution in [1.29, 1.82) is 0 Å². The lowest BCUT2D eigenvalue weighted by molar-refractivity contribution is -0.114. The highest BCUT2D eigenvalue weighted by Gasteiger charge is 2.29. The molecule has 3 rings (SSSR count). The highest BCUT2D eigenvalue weighted by molar-refractivity contribution is 7.89. The van der Waals surface area contributed by atoms with Crippen molar-refractivity contribution in [1.82, 2.24) is 4.31 Å². The van der Waals surface area contributed by atoms with E-state index in [0.29, 0.717) is 38.3 Å². The third-order valence-corrected chi connectivity index (χ3v) is 6.67. The Bertz CT molecular complexity index is 963. The van der Waals surface area contributed by atoms with E-state index in [1.54, 1.807) is 55.5 Å². The van der Waals surface area contributed by atoms with Crippen LogP contribution in [0.1, 0.15) is 18.9 Å². The van der Waals surface area contributed by atoms with Crippen LogP contribution >= 0.6 is 0 Å². The Balaban J connectivity index is 1.68. The van der Waals surface area contributed by atoms with Gasteiger partial charge in [0.25, 0.3) is 0 Å². The first-order chi connectivity index (χ1) is 13.4. The Hall–Kier alpha value is -2.51. The molecule has 0 aromatic heterocycles. The molecule has 1 aliphatic rings. The predicted molar refractivity (Wildman–Crippen MR) is 108 cm³/mol. The number of carbonyl (C=O) groups is 1. The van der Waals surface area contributed by atoms with Gasteiger partial charge in [0.05, 0.1) is 10.6 Å². The summed E-state index contributed by atoms with van der Waals surface area (Å²) < 4.78 is 41.1. The summed E-state index contributed by atoms with van der Waals surface area (Å²) in [7, 11) is -3.61. The van der Waals surface area contributed by atoms with Crippen LogP contribution in [0.5, 0.6) is 0 Å². The molecule has 1 saturated heterocycles. The quantitative estimate of drug-likeness (QED) is 0.696. The Kier molecular flexibility index (Phi) is 6.26. The number of sulfonamides is 1. The fraction of sp³-hybridized carbons (Fsp3) is 0.286. The van der Waals surface area contributed by atoms with Gasteiger partial charge in [-0.3, -0.25) is 4.79 Å². The second-order valence-electron chi connectivity index (χ2n) is 6.56. The van der Waals surface area contributed by atoms with Crippen molar-refractivity contribution in [3.63, 3.8) is 0 Å². The second-order valence-corrected chi connectivity index (χ2v) is 8.50. The van der Waals surface area contributed by atoms with Gasteiger partial charge in [-0.1, -0.05) is 37.3 Å². The maximum atomic E-state index is 13.9. The first-order valence-electron chi connectivity index (χ1n) is 9.22. The summed E-state index contributed by atoms with van der Waals surface area (Å²) in [4.78, 5) is 13.4. The number of halogens is 1. The summed E-state index contributed by atoms with van der Waals surface area (Å²) in [5.74, 6) is -0.284. The van der Waals surface area contributed by atoms with Crippen LogP contribution in [0.3, 0.4) is 0 Å². The van der Waals surface area contributed by atoms with Crippen LogP contribution in [0.15, 0.2) is 59.5 Å². The zero-order valence-electron chi connectivity index (χ0n) is 15.7. The van der Waals surface area contributed by atoms with Crippen molar-refractivity contribution < 1.29 is 17.6 Å². The average molecular weight is 402 g/mol. The van der Waals surface area contributed by atoms with E-state index in [4.69, 9.17) is 0 Å². The molecule has 1 fully saturated rings. The second kappa shape index (κ2) is 8.67. The zero-order chi connectivity index (χ0) is 20.1. The number of allylic oxidation sites excluding steroid dienone is 1. The van der Waals surface area contributed by atoms with Crippen molar-refractivity contribution in [3.05, 3.63) is 66.0 Å². The van der Waals surface area contributed by atoms with Crippen molar-refractivity contribution in [3.8, 4) is 0 Å². The topological polar surface area (TPSA) is 57.7 Å². The van der Waals surface area contributed by atoms with Gasteiger partial charge in [0, 0.05) is 32.6 Å². The lowest BCUT2D eigenvalue weighted by Gasteiger charge is -2.35. The molecular weight excluding hydrogens is 379 g/mol. The molecule has 2 aromatic rings. The van der Waals surface area contributed by atoms with E-state index in [1.165, 1.54) is 16.4 Å². The SMILES string of the molecule is CCC(=O)/C=C/c1ccc(S(=O)(=O)N2CCN(c3ccccc3F)CC2)cc1. The molecule has 0 aliphatic carbocycles. The molecule has 0 N–H and O–H groups in total. The maximum absolute atomic E-state index is 13.9. The average Bonchev–Trinajstić information content (AvgIpc) is 2.72. The summed E-state index contributed by atoms with van der Waals surface area (Å²) in [6.45, 7) is 3.24. The molecule has 0 amide bonds. The van der Waals surface area contributed by atoms with Gasteiger partial charge in [-0.15, -0.1) is 0 Å². The lowest BCUT2D eigenvalue weighted by atomic mass is 10.2. The largest absolute Gasteiger partial charge is 0.367 e. The molecule has 2 aromatic carbocycles. The number of hydrogen-bond acceptors (Lipinski definition) is 4. The number of ketones is 1. The van der Waals surface area contributed by atoms with Gasteiger partial charge in [-0.25, -0.2) is 12.8 Å². The lowest BCUT2D eigenvalue weighted by Crippen LogP contribution is -2.48. The molecule has 1 heterocycles. The van der Waals surface area contributed by atoms with Crippen LogP contribution in [-0.4, -0.2) is 44.7 Å². The standard InChI is InChI=1S/C21H23FN2O3S/c1-2-18(25)10-7-17-8-11-19(12-9-17)28(26,27)24-15-13-23(14-16-24)21-6-4-3-5-20(21)22/h3-12H,2,13-16H2,1H3/b10-7+. The van der Waals surface area contributed by atoms with Crippen molar-refractivity contribution in [2.75, 3.05) is 31.1 Å². The fourth-order valence-corrected chi connectivity index (χ4v) is 4.51. The van der Waals surface area contributed by atoms with Gasteiger partial charge in [0.2, 0.25) is 10.0 Å². The van der Waals surface area contributed by atoms with E-state index in [2.05, 4.69) is 0 Å². The predicted octanol–water partition coefficient (Wildman–Crippen LogP) is 3.33. The van der Waals surface area contributed by atoms with Gasteiger partial charge in [-0.2, -0.15) is 4.31 Å². The van der Waals surface area contributed by atoms with Crippen LogP contribution in [0.25, 0.3) is 6.08 Å². The highest BCUT2D eigenvalue weighted by atomic mass is 32.2. The van der Waals surface area contributed by atoms with E-state index >= 15 is 0 Å². The van der Waals surface area contributed by atoms with Gasteiger partial charge in [0.15, 0.2) is 5.78 Å². The third kappa shape index (κ3) is 4.48. The first kappa shape index (κ1) is 20.2. The fourth-order valence-electron chi connectivity index (χ4n) is 3.08. The highest BCUT2D eigenvalue weighted by Crippen LogP contribution is 2.23. The number of rotatable bonds is 6. The molecule has 1 aliphatic heterocycles. The maximum Gasteiger partial charge on any atom is 0.243 e. The number of nitrogens with zero attached hydrogens (tertiary/aromatic N) is 2. The van der Waals surface area contributed by atoms with Crippen LogP contribution in [0, 0.1) is 5.82 Å². The monoisotopic (exact) mass is 402 g/mol. The smallest absolute Gasteiger partial charge is 0.243 e. The molecule has 0 saturated carbocycles. The summed E-state index contributed by atoms with van der Waals surface area (Å²) in [6, 6.07) is 13.0. The van der Waals surface area contributed by atoms with E-state index < -0.39 is 10.0 Å². The minimum absolute atomic E-state index is 0.0180. The Morgan fingerprint density at radius 1 is 1.04 bits per heavy atom. The van der Waals surface area contributed by atoms with Crippen molar-refractivity contribution in [2.24, 2.45) is 0 Å². The van der Waals surface area contributed by atoms with Gasteiger partial charge >= 0.3 is 0 Å². The molecule has 5 nitrogen and oxygen atoms in total. The summed E-state index contributed by atoms with van der Waals surface area (Å²) >= 11 is 0. The van der Waals surface area contributed by atoms with Gasteiger partial charge < -0.3 is 4.90 Å². The number of carbonyl (C=O) groups excluding carboxylic acids is 1. The molecule has 0 spiro atoms. The van der Waals surface area contributed by atoms with E-state index in [0.717, 1.165) is 5.56 Å². The van der Waals surface area contributed by atoms with Crippen molar-refractivity contribution in [2.45, 2.75) is 18.2 Å². The number of hydrogen-bond donors (Lipinski definition) is 0. The number of benzene rings is 2. The van der Waals surface area contributed by atoms with Crippen molar-refractivity contribution >= 4 is 27.6 Å². The summed E-state index contributed by atoms with van der Waals surface area (Å²) in [5, 5.41) is 0. The minimum atomic E-state index is -3.61. The van der Waals surface area contributed by atoms with E-state index in [1.807, 2.05) is 4.90 Å². The van der Waals surface area contributed by atoms with Crippen LogP contribution < -0.4 is 4.90 Å². The minimum Gasteiger partial charge on any atom is -0.367 e. The zero-order valence-corrected chi connectivity index (χ0v) is 16.5. The molecule has 0 bridgehead atoms. The van der Waals surface area contributed by atoms with Crippen LogP contribution in [-0.2, 0) is 14.8 Å². The molecule has 28 heavy (non-hydrogen) atoms. The Labute approximate surface area is 165 Å². The molecule has 0 radical (unpaired) electrons. The Morgan fingerprint density at radius 2 is 1.68 bits per heavy atom. The van der Waals surface area contributed by atoms with E-state index in [-0.39, 0.29) is 16.5 Å². The number of anilines is 1.